The first-order chi connectivity index (χ1) is 10.1. The third-order valence-corrected chi connectivity index (χ3v) is 5.90. The van der Waals surface area contributed by atoms with Gasteiger partial charge in [0.05, 0.1) is 0 Å². The second-order valence-electron chi connectivity index (χ2n) is 7.64. The van der Waals surface area contributed by atoms with E-state index in [1.165, 1.54) is 31.2 Å². The molecule has 0 nitrogen and oxygen atoms in total. The van der Waals surface area contributed by atoms with Crippen molar-refractivity contribution in [3.63, 3.8) is 0 Å². The van der Waals surface area contributed by atoms with Crippen molar-refractivity contribution < 1.29 is 0 Å². The average molecular weight is 287 g/mol. The Morgan fingerprint density at radius 1 is 1.00 bits per heavy atom. The summed E-state index contributed by atoms with van der Waals surface area (Å²) in [5, 5.41) is 0. The van der Waals surface area contributed by atoms with Crippen LogP contribution in [-0.2, 0) is 0 Å². The molecule has 1 aromatic carbocycles. The number of hydrogen-bond donors (Lipinski definition) is 0. The Hall–Kier alpha value is -0.780. The van der Waals surface area contributed by atoms with Crippen molar-refractivity contribution in [2.75, 3.05) is 0 Å². The maximum atomic E-state index is 2.50. The van der Waals surface area contributed by atoms with Gasteiger partial charge in [-0.25, -0.2) is 0 Å². The summed E-state index contributed by atoms with van der Waals surface area (Å²) in [5.41, 5.74) is 2.11. The molecular formula is C21H34. The highest BCUT2D eigenvalue weighted by Crippen LogP contribution is 2.62. The molecule has 3 atom stereocenters. The van der Waals surface area contributed by atoms with Gasteiger partial charge in [-0.3, -0.25) is 0 Å². The molecule has 1 aromatic rings. The quantitative estimate of drug-likeness (QED) is 0.582. The first-order valence-electron chi connectivity index (χ1n) is 9.13. The highest BCUT2D eigenvalue weighted by molar-refractivity contribution is 5.11. The van der Waals surface area contributed by atoms with E-state index in [4.69, 9.17) is 0 Å². The smallest absolute Gasteiger partial charge is 0.0264 e. The Labute approximate surface area is 132 Å². The van der Waals surface area contributed by atoms with Gasteiger partial charge in [0.25, 0.3) is 0 Å². The van der Waals surface area contributed by atoms with E-state index < -0.39 is 0 Å². The van der Waals surface area contributed by atoms with Gasteiger partial charge < -0.3 is 0 Å². The predicted molar refractivity (Wildman–Crippen MR) is 93.4 cm³/mol. The lowest BCUT2D eigenvalue weighted by Gasteiger charge is -2.41. The first-order valence-corrected chi connectivity index (χ1v) is 9.13. The van der Waals surface area contributed by atoms with Crippen LogP contribution in [0, 0.1) is 30.1 Å². The van der Waals surface area contributed by atoms with E-state index in [1.54, 1.807) is 19.3 Å². The molecule has 0 saturated heterocycles. The number of fused-ring (bicyclic) bond motifs is 2. The minimum atomic E-state index is 0.784. The molecule has 3 unspecified atom stereocenters. The Kier molecular flexibility index (Phi) is 5.90. The molecule has 0 spiro atoms. The molecule has 0 radical (unpaired) electrons. The van der Waals surface area contributed by atoms with Crippen LogP contribution in [0.5, 0.6) is 0 Å². The third-order valence-electron chi connectivity index (χ3n) is 5.90. The van der Waals surface area contributed by atoms with Gasteiger partial charge in [0.2, 0.25) is 0 Å². The van der Waals surface area contributed by atoms with Crippen LogP contribution >= 0.6 is 0 Å². The highest BCUT2D eigenvalue weighted by Gasteiger charge is 2.52. The molecule has 2 fully saturated rings. The summed E-state index contributed by atoms with van der Waals surface area (Å²) < 4.78 is 0. The Balaban J connectivity index is 0.000000194. The topological polar surface area (TPSA) is 0 Å². The summed E-state index contributed by atoms with van der Waals surface area (Å²) in [5.74, 6) is 3.23. The van der Waals surface area contributed by atoms with Crippen molar-refractivity contribution in [1.82, 2.24) is 0 Å². The molecule has 0 N–H and O–H groups in total. The van der Waals surface area contributed by atoms with Crippen LogP contribution in [0.25, 0.3) is 0 Å². The van der Waals surface area contributed by atoms with Gasteiger partial charge in [0.15, 0.2) is 0 Å². The fraction of sp³-hybridized carbons (Fsp3) is 0.714. The maximum Gasteiger partial charge on any atom is -0.0264 e. The van der Waals surface area contributed by atoms with E-state index in [0.717, 1.165) is 23.2 Å². The molecule has 2 saturated carbocycles. The highest BCUT2D eigenvalue weighted by atomic mass is 14.6. The zero-order valence-electron chi connectivity index (χ0n) is 14.6. The van der Waals surface area contributed by atoms with E-state index in [2.05, 4.69) is 39.8 Å². The van der Waals surface area contributed by atoms with Crippen LogP contribution in [0.15, 0.2) is 30.3 Å². The predicted octanol–water partition coefficient (Wildman–Crippen LogP) is 6.63. The first kappa shape index (κ1) is 16.6. The van der Waals surface area contributed by atoms with E-state index in [0.29, 0.717) is 0 Å². The van der Waals surface area contributed by atoms with Gasteiger partial charge in [-0.05, 0) is 62.2 Å². The molecule has 0 heterocycles. The molecule has 0 heteroatoms. The molecule has 0 amide bonds. The average Bonchev–Trinajstić information content (AvgIpc) is 2.97. The second kappa shape index (κ2) is 7.47. The lowest BCUT2D eigenvalue weighted by atomic mass is 9.64. The van der Waals surface area contributed by atoms with E-state index in [-0.39, 0.29) is 0 Å². The molecule has 0 aliphatic heterocycles. The van der Waals surface area contributed by atoms with E-state index in [1.807, 2.05) is 18.2 Å². The summed E-state index contributed by atoms with van der Waals surface area (Å²) in [7, 11) is 0. The summed E-state index contributed by atoms with van der Waals surface area (Å²) in [6.45, 7) is 9.33. The number of rotatable bonds is 4. The van der Waals surface area contributed by atoms with Crippen LogP contribution in [0.2, 0.25) is 0 Å². The SMILES string of the molecule is CCCC1(CCC)CC2CC(C)C1C2.Cc1ccccc1. The van der Waals surface area contributed by atoms with Gasteiger partial charge in [0, 0.05) is 0 Å². The number of benzene rings is 1. The Morgan fingerprint density at radius 3 is 2.00 bits per heavy atom. The van der Waals surface area contributed by atoms with Gasteiger partial charge in [-0.1, -0.05) is 69.5 Å². The molecule has 2 aliphatic carbocycles. The lowest BCUT2D eigenvalue weighted by Crippen LogP contribution is -2.31. The van der Waals surface area contributed by atoms with Crippen LogP contribution in [0.3, 0.4) is 0 Å². The van der Waals surface area contributed by atoms with Gasteiger partial charge in [-0.2, -0.15) is 0 Å². The van der Waals surface area contributed by atoms with Crippen molar-refractivity contribution in [3.8, 4) is 0 Å². The third kappa shape index (κ3) is 3.90. The van der Waals surface area contributed by atoms with Crippen molar-refractivity contribution in [3.05, 3.63) is 35.9 Å². The molecule has 2 bridgehead atoms. The summed E-state index contributed by atoms with van der Waals surface area (Å²) in [6, 6.07) is 10.3. The molecule has 21 heavy (non-hydrogen) atoms. The van der Waals surface area contributed by atoms with Crippen molar-refractivity contribution >= 4 is 0 Å². The summed E-state index contributed by atoms with van der Waals surface area (Å²) in [6.07, 6.45) is 10.5. The molecule has 2 aliphatic rings. The monoisotopic (exact) mass is 286 g/mol. The van der Waals surface area contributed by atoms with E-state index >= 15 is 0 Å². The number of aryl methyl sites for hydroxylation is 1. The van der Waals surface area contributed by atoms with Crippen LogP contribution in [0.4, 0.5) is 0 Å². The van der Waals surface area contributed by atoms with Gasteiger partial charge in [-0.15, -0.1) is 0 Å². The van der Waals surface area contributed by atoms with Crippen molar-refractivity contribution in [2.45, 2.75) is 72.6 Å². The second-order valence-corrected chi connectivity index (χ2v) is 7.64. The zero-order valence-corrected chi connectivity index (χ0v) is 14.6. The standard InChI is InChI=1S/C14H26.C7H8/c1-4-6-14(7-5-2)10-12-8-11(3)13(14)9-12;1-7-5-3-2-4-6-7/h11-13H,4-10H2,1-3H3;2-6H,1H3. The maximum absolute atomic E-state index is 2.50. The fourth-order valence-corrected chi connectivity index (χ4v) is 5.35. The Morgan fingerprint density at radius 2 is 1.62 bits per heavy atom. The largest absolute Gasteiger partial charge is 0.0654 e. The minimum absolute atomic E-state index is 0.784. The van der Waals surface area contributed by atoms with Crippen LogP contribution in [-0.4, -0.2) is 0 Å². The van der Waals surface area contributed by atoms with Crippen LogP contribution in [0.1, 0.15) is 71.3 Å². The number of hydrogen-bond acceptors (Lipinski definition) is 0. The normalized spacial score (nSPS) is 29.0. The molecule has 3 rings (SSSR count). The summed E-state index contributed by atoms with van der Waals surface area (Å²) in [4.78, 5) is 0. The Bertz CT molecular complexity index is 399. The van der Waals surface area contributed by atoms with Crippen molar-refractivity contribution in [1.29, 1.82) is 0 Å². The van der Waals surface area contributed by atoms with E-state index in [9.17, 15) is 0 Å². The van der Waals surface area contributed by atoms with Crippen molar-refractivity contribution in [2.24, 2.45) is 23.2 Å². The molecule has 118 valence electrons. The van der Waals surface area contributed by atoms with Crippen LogP contribution < -0.4 is 0 Å². The zero-order chi connectivity index (χ0) is 15.3. The summed E-state index contributed by atoms with van der Waals surface area (Å²) >= 11 is 0. The van der Waals surface area contributed by atoms with Gasteiger partial charge >= 0.3 is 0 Å². The lowest BCUT2D eigenvalue weighted by molar-refractivity contribution is 0.0913. The molecular weight excluding hydrogens is 252 g/mol. The van der Waals surface area contributed by atoms with Gasteiger partial charge in [0.1, 0.15) is 0 Å². The molecule has 0 aromatic heterocycles. The fourth-order valence-electron chi connectivity index (χ4n) is 5.35. The minimum Gasteiger partial charge on any atom is -0.0654 e.